The van der Waals surface area contributed by atoms with Gasteiger partial charge in [-0.25, -0.2) is 18.6 Å². The minimum absolute atomic E-state index is 0.185. The van der Waals surface area contributed by atoms with E-state index in [1.165, 1.54) is 6.07 Å². The van der Waals surface area contributed by atoms with E-state index in [4.69, 9.17) is 5.11 Å². The summed E-state index contributed by atoms with van der Waals surface area (Å²) in [5.41, 5.74) is -0.946. The van der Waals surface area contributed by atoms with Crippen LogP contribution in [0.3, 0.4) is 0 Å². The molecule has 1 aromatic rings. The number of pyridine rings is 1. The number of aromatic nitrogens is 1. The molecule has 1 rings (SSSR count). The zero-order valence-corrected chi connectivity index (χ0v) is 7.75. The third-order valence-corrected chi connectivity index (χ3v) is 1.93. The van der Waals surface area contributed by atoms with Crippen molar-refractivity contribution in [3.8, 4) is 0 Å². The average Bonchev–Trinajstić information content (AvgIpc) is 2.04. The molecular formula is C7H4BrF2NO2. The lowest BCUT2D eigenvalue weighted by Gasteiger charge is -2.01. The van der Waals surface area contributed by atoms with E-state index >= 15 is 0 Å². The number of carbonyl (C=O) groups is 1. The lowest BCUT2D eigenvalue weighted by molar-refractivity contribution is 0.0687. The van der Waals surface area contributed by atoms with Crippen LogP contribution in [0.1, 0.15) is 22.6 Å². The standard InChI is InChI=1S/C7H4BrF2NO2/c8-3-1-2-4(6(9)10)11-5(3)7(12)13/h1-2,6H,(H,12,13). The van der Waals surface area contributed by atoms with Crippen molar-refractivity contribution in [1.82, 2.24) is 4.98 Å². The van der Waals surface area contributed by atoms with Crippen LogP contribution >= 0.6 is 15.9 Å². The summed E-state index contributed by atoms with van der Waals surface area (Å²) < 4.78 is 24.3. The molecule has 13 heavy (non-hydrogen) atoms. The minimum atomic E-state index is -2.76. The number of aromatic carboxylic acids is 1. The van der Waals surface area contributed by atoms with Gasteiger partial charge in [0.2, 0.25) is 0 Å². The number of hydrogen-bond donors (Lipinski definition) is 1. The molecule has 0 spiro atoms. The smallest absolute Gasteiger partial charge is 0.355 e. The Labute approximate surface area is 80.5 Å². The van der Waals surface area contributed by atoms with E-state index < -0.39 is 23.8 Å². The van der Waals surface area contributed by atoms with Gasteiger partial charge in [0.1, 0.15) is 5.69 Å². The first-order valence-corrected chi connectivity index (χ1v) is 3.99. The molecule has 0 amide bonds. The van der Waals surface area contributed by atoms with Crippen LogP contribution < -0.4 is 0 Å². The van der Waals surface area contributed by atoms with E-state index in [1.54, 1.807) is 0 Å². The Hall–Kier alpha value is -1.04. The molecule has 0 aliphatic heterocycles. The second kappa shape index (κ2) is 3.78. The Balaban J connectivity index is 3.19. The number of alkyl halides is 2. The Bertz CT molecular complexity index is 343. The largest absolute Gasteiger partial charge is 0.476 e. The first-order valence-electron chi connectivity index (χ1n) is 3.20. The van der Waals surface area contributed by atoms with E-state index in [1.807, 2.05) is 0 Å². The molecule has 0 saturated carbocycles. The number of rotatable bonds is 2. The second-order valence-corrected chi connectivity index (χ2v) is 3.03. The van der Waals surface area contributed by atoms with Crippen molar-refractivity contribution in [2.24, 2.45) is 0 Å². The summed E-state index contributed by atoms with van der Waals surface area (Å²) in [4.78, 5) is 13.7. The number of carboxylic acids is 1. The van der Waals surface area contributed by atoms with E-state index in [-0.39, 0.29) is 4.47 Å². The van der Waals surface area contributed by atoms with Crippen LogP contribution in [0.4, 0.5) is 8.78 Å². The van der Waals surface area contributed by atoms with Crippen molar-refractivity contribution < 1.29 is 18.7 Å². The van der Waals surface area contributed by atoms with Crippen LogP contribution in [0.5, 0.6) is 0 Å². The van der Waals surface area contributed by atoms with Crippen LogP contribution in [0, 0.1) is 0 Å². The normalized spacial score (nSPS) is 10.5. The van der Waals surface area contributed by atoms with Crippen LogP contribution in [0.2, 0.25) is 0 Å². The lowest BCUT2D eigenvalue weighted by atomic mass is 10.3. The zero-order chi connectivity index (χ0) is 10.0. The Morgan fingerprint density at radius 3 is 2.62 bits per heavy atom. The van der Waals surface area contributed by atoms with Crippen LogP contribution in [0.25, 0.3) is 0 Å². The molecule has 0 saturated heterocycles. The topological polar surface area (TPSA) is 50.2 Å². The van der Waals surface area contributed by atoms with E-state index in [0.29, 0.717) is 0 Å². The Kier molecular flexibility index (Phi) is 2.92. The molecule has 0 aromatic carbocycles. The minimum Gasteiger partial charge on any atom is -0.476 e. The van der Waals surface area contributed by atoms with Gasteiger partial charge in [0.05, 0.1) is 4.47 Å². The Morgan fingerprint density at radius 1 is 1.54 bits per heavy atom. The summed E-state index contributed by atoms with van der Waals surface area (Å²) in [6.45, 7) is 0. The van der Waals surface area contributed by atoms with Crippen molar-refractivity contribution in [3.05, 3.63) is 28.0 Å². The summed E-state index contributed by atoms with van der Waals surface area (Å²) >= 11 is 2.89. The Morgan fingerprint density at radius 2 is 2.15 bits per heavy atom. The predicted octanol–water partition coefficient (Wildman–Crippen LogP) is 2.48. The third-order valence-electron chi connectivity index (χ3n) is 1.29. The SMILES string of the molecule is O=C(O)c1nc(C(F)F)ccc1Br. The molecule has 0 unspecified atom stereocenters. The summed E-state index contributed by atoms with van der Waals surface area (Å²) in [6.07, 6.45) is -2.76. The maximum Gasteiger partial charge on any atom is 0.355 e. The molecule has 0 radical (unpaired) electrons. The fourth-order valence-electron chi connectivity index (χ4n) is 0.729. The molecule has 1 N–H and O–H groups in total. The van der Waals surface area contributed by atoms with Crippen molar-refractivity contribution in [1.29, 1.82) is 0 Å². The number of hydrogen-bond acceptors (Lipinski definition) is 2. The van der Waals surface area contributed by atoms with Crippen molar-refractivity contribution >= 4 is 21.9 Å². The third kappa shape index (κ3) is 2.21. The highest BCUT2D eigenvalue weighted by molar-refractivity contribution is 9.10. The highest BCUT2D eigenvalue weighted by atomic mass is 79.9. The summed E-state index contributed by atoms with van der Waals surface area (Å²) in [7, 11) is 0. The van der Waals surface area contributed by atoms with Gasteiger partial charge in [-0.15, -0.1) is 0 Å². The quantitative estimate of drug-likeness (QED) is 0.879. The van der Waals surface area contributed by atoms with Crippen LogP contribution in [0.15, 0.2) is 16.6 Å². The van der Waals surface area contributed by atoms with Gasteiger partial charge < -0.3 is 5.11 Å². The predicted molar refractivity (Wildman–Crippen MR) is 43.9 cm³/mol. The van der Waals surface area contributed by atoms with Gasteiger partial charge in [-0.3, -0.25) is 0 Å². The van der Waals surface area contributed by atoms with E-state index in [9.17, 15) is 13.6 Å². The van der Waals surface area contributed by atoms with Crippen LogP contribution in [-0.4, -0.2) is 16.1 Å². The first-order chi connectivity index (χ1) is 6.02. The molecular weight excluding hydrogens is 248 g/mol. The number of carboxylic acid groups (broad SMARTS) is 1. The van der Waals surface area contributed by atoms with Gasteiger partial charge in [0.25, 0.3) is 6.43 Å². The molecule has 0 bridgehead atoms. The van der Waals surface area contributed by atoms with Gasteiger partial charge in [0.15, 0.2) is 5.69 Å². The van der Waals surface area contributed by atoms with Gasteiger partial charge in [-0.1, -0.05) is 0 Å². The van der Waals surface area contributed by atoms with Crippen molar-refractivity contribution in [2.75, 3.05) is 0 Å². The summed E-state index contributed by atoms with van der Waals surface area (Å²) in [5, 5.41) is 8.53. The van der Waals surface area contributed by atoms with Gasteiger partial charge in [-0.05, 0) is 28.1 Å². The molecule has 1 aromatic heterocycles. The average molecular weight is 252 g/mol. The van der Waals surface area contributed by atoms with E-state index in [0.717, 1.165) is 6.07 Å². The molecule has 0 aliphatic carbocycles. The number of nitrogens with zero attached hydrogens (tertiary/aromatic N) is 1. The molecule has 0 aliphatic rings. The molecule has 3 nitrogen and oxygen atoms in total. The summed E-state index contributed by atoms with van der Waals surface area (Å²) in [6, 6.07) is 2.30. The molecule has 1 heterocycles. The monoisotopic (exact) mass is 251 g/mol. The van der Waals surface area contributed by atoms with Gasteiger partial charge in [0, 0.05) is 0 Å². The van der Waals surface area contributed by atoms with E-state index in [2.05, 4.69) is 20.9 Å². The van der Waals surface area contributed by atoms with Crippen molar-refractivity contribution in [2.45, 2.75) is 6.43 Å². The molecule has 70 valence electrons. The highest BCUT2D eigenvalue weighted by Crippen LogP contribution is 2.21. The number of halogens is 3. The lowest BCUT2D eigenvalue weighted by Crippen LogP contribution is -2.04. The maximum absolute atomic E-state index is 12.1. The van der Waals surface area contributed by atoms with Crippen LogP contribution in [-0.2, 0) is 0 Å². The van der Waals surface area contributed by atoms with Gasteiger partial charge >= 0.3 is 5.97 Å². The summed E-state index contributed by atoms with van der Waals surface area (Å²) in [5.74, 6) is -1.34. The molecule has 0 fully saturated rings. The first kappa shape index (κ1) is 10.0. The van der Waals surface area contributed by atoms with Crippen molar-refractivity contribution in [3.63, 3.8) is 0 Å². The highest BCUT2D eigenvalue weighted by Gasteiger charge is 2.15. The second-order valence-electron chi connectivity index (χ2n) is 2.17. The maximum atomic E-state index is 12.1. The molecule has 0 atom stereocenters. The fourth-order valence-corrected chi connectivity index (χ4v) is 1.12. The fraction of sp³-hybridized carbons (Fsp3) is 0.143. The van der Waals surface area contributed by atoms with Gasteiger partial charge in [-0.2, -0.15) is 0 Å². The molecule has 6 heteroatoms. The zero-order valence-electron chi connectivity index (χ0n) is 6.17.